The van der Waals surface area contributed by atoms with Crippen LogP contribution >= 0.6 is 0 Å². The van der Waals surface area contributed by atoms with E-state index in [1.807, 2.05) is 13.0 Å². The Morgan fingerprint density at radius 3 is 2.91 bits per heavy atom. The molecule has 0 radical (unpaired) electrons. The summed E-state index contributed by atoms with van der Waals surface area (Å²) in [6, 6.07) is 8.28. The Labute approximate surface area is 133 Å². The predicted molar refractivity (Wildman–Crippen MR) is 84.7 cm³/mol. The van der Waals surface area contributed by atoms with Crippen LogP contribution in [0.1, 0.15) is 17.5 Å². The van der Waals surface area contributed by atoms with Crippen molar-refractivity contribution >= 4 is 23.3 Å². The van der Waals surface area contributed by atoms with Gasteiger partial charge in [-0.25, -0.2) is 9.37 Å². The monoisotopic (exact) mass is 313 g/mol. The lowest BCUT2D eigenvalue weighted by Crippen LogP contribution is -2.41. The SMILES string of the molecule is Cc1cccnc1NC(=O)CN1C(=O)CCc2cccc(F)c21. The number of hydrogen-bond donors (Lipinski definition) is 1. The van der Waals surface area contributed by atoms with Gasteiger partial charge in [0.25, 0.3) is 0 Å². The summed E-state index contributed by atoms with van der Waals surface area (Å²) in [7, 11) is 0. The zero-order valence-electron chi connectivity index (χ0n) is 12.7. The molecule has 3 rings (SSSR count). The van der Waals surface area contributed by atoms with Crippen molar-refractivity contribution in [3.8, 4) is 0 Å². The lowest BCUT2D eigenvalue weighted by molar-refractivity contribution is -0.121. The number of amides is 2. The van der Waals surface area contributed by atoms with Gasteiger partial charge < -0.3 is 5.32 Å². The average Bonchev–Trinajstić information content (AvgIpc) is 2.52. The number of hydrogen-bond acceptors (Lipinski definition) is 3. The Bertz CT molecular complexity index is 776. The maximum Gasteiger partial charge on any atom is 0.245 e. The van der Waals surface area contributed by atoms with Crippen molar-refractivity contribution < 1.29 is 14.0 Å². The number of benzene rings is 1. The van der Waals surface area contributed by atoms with Crippen molar-refractivity contribution in [2.24, 2.45) is 0 Å². The normalized spacial score (nSPS) is 13.7. The molecular weight excluding hydrogens is 297 g/mol. The zero-order valence-corrected chi connectivity index (χ0v) is 12.7. The number of pyridine rings is 1. The molecule has 6 heteroatoms. The Hall–Kier alpha value is -2.76. The molecule has 2 amide bonds. The number of aryl methyl sites for hydroxylation is 2. The van der Waals surface area contributed by atoms with Gasteiger partial charge in [0.1, 0.15) is 18.2 Å². The van der Waals surface area contributed by atoms with E-state index in [9.17, 15) is 14.0 Å². The molecule has 1 aliphatic rings. The van der Waals surface area contributed by atoms with Crippen LogP contribution < -0.4 is 10.2 Å². The van der Waals surface area contributed by atoms with Gasteiger partial charge in [0, 0.05) is 12.6 Å². The minimum Gasteiger partial charge on any atom is -0.309 e. The van der Waals surface area contributed by atoms with Gasteiger partial charge in [0.2, 0.25) is 11.8 Å². The van der Waals surface area contributed by atoms with E-state index < -0.39 is 11.7 Å². The molecule has 0 aliphatic carbocycles. The van der Waals surface area contributed by atoms with Crippen LogP contribution in [0.25, 0.3) is 0 Å². The number of halogens is 1. The molecule has 1 aromatic carbocycles. The molecule has 1 aromatic heterocycles. The molecule has 1 N–H and O–H groups in total. The number of fused-ring (bicyclic) bond motifs is 1. The minimum atomic E-state index is -0.489. The minimum absolute atomic E-state index is 0.205. The molecule has 118 valence electrons. The van der Waals surface area contributed by atoms with E-state index in [2.05, 4.69) is 10.3 Å². The second-order valence-corrected chi connectivity index (χ2v) is 5.44. The maximum absolute atomic E-state index is 14.1. The van der Waals surface area contributed by atoms with Crippen LogP contribution in [0.5, 0.6) is 0 Å². The first-order valence-corrected chi connectivity index (χ1v) is 7.35. The first-order valence-electron chi connectivity index (χ1n) is 7.35. The van der Waals surface area contributed by atoms with Gasteiger partial charge in [-0.05, 0) is 36.6 Å². The highest BCUT2D eigenvalue weighted by atomic mass is 19.1. The van der Waals surface area contributed by atoms with Crippen molar-refractivity contribution in [1.82, 2.24) is 4.98 Å². The molecular formula is C17H16FN3O2. The summed E-state index contributed by atoms with van der Waals surface area (Å²) >= 11 is 0. The quantitative estimate of drug-likeness (QED) is 0.947. The molecule has 0 fully saturated rings. The fourth-order valence-corrected chi connectivity index (χ4v) is 2.66. The molecule has 1 aliphatic heterocycles. The first-order chi connectivity index (χ1) is 11.1. The zero-order chi connectivity index (χ0) is 16.4. The summed E-state index contributed by atoms with van der Waals surface area (Å²) in [6.07, 6.45) is 2.33. The maximum atomic E-state index is 14.1. The largest absolute Gasteiger partial charge is 0.309 e. The van der Waals surface area contributed by atoms with Crippen LogP contribution in [-0.4, -0.2) is 23.3 Å². The molecule has 0 saturated carbocycles. The van der Waals surface area contributed by atoms with E-state index in [0.717, 1.165) is 11.1 Å². The van der Waals surface area contributed by atoms with Crippen LogP contribution in [0.3, 0.4) is 0 Å². The van der Waals surface area contributed by atoms with Gasteiger partial charge in [0.05, 0.1) is 5.69 Å². The van der Waals surface area contributed by atoms with Crippen LogP contribution in [0.4, 0.5) is 15.9 Å². The number of carbonyl (C=O) groups excluding carboxylic acids is 2. The van der Waals surface area contributed by atoms with Crippen LogP contribution in [0.15, 0.2) is 36.5 Å². The van der Waals surface area contributed by atoms with Crippen molar-refractivity contribution in [3.63, 3.8) is 0 Å². The van der Waals surface area contributed by atoms with Gasteiger partial charge >= 0.3 is 0 Å². The summed E-state index contributed by atoms with van der Waals surface area (Å²) < 4.78 is 14.1. The number of carbonyl (C=O) groups is 2. The van der Waals surface area contributed by atoms with Crippen LogP contribution in [-0.2, 0) is 16.0 Å². The Kier molecular flexibility index (Phi) is 4.06. The third-order valence-corrected chi connectivity index (χ3v) is 3.82. The number of aromatic nitrogens is 1. The molecule has 0 spiro atoms. The van der Waals surface area contributed by atoms with E-state index >= 15 is 0 Å². The number of nitrogens with zero attached hydrogens (tertiary/aromatic N) is 2. The van der Waals surface area contributed by atoms with E-state index in [1.165, 1.54) is 11.0 Å². The van der Waals surface area contributed by atoms with Crippen molar-refractivity contribution in [3.05, 3.63) is 53.5 Å². The summed E-state index contributed by atoms with van der Waals surface area (Å²) in [5.74, 6) is -0.708. The molecule has 0 bridgehead atoms. The lowest BCUT2D eigenvalue weighted by Gasteiger charge is -2.29. The fraction of sp³-hybridized carbons (Fsp3) is 0.235. The molecule has 2 heterocycles. The van der Waals surface area contributed by atoms with Crippen LogP contribution in [0.2, 0.25) is 0 Å². The Morgan fingerprint density at radius 2 is 2.13 bits per heavy atom. The number of para-hydroxylation sites is 1. The summed E-state index contributed by atoms with van der Waals surface area (Å²) in [4.78, 5) is 29.7. The second kappa shape index (κ2) is 6.16. The van der Waals surface area contributed by atoms with Gasteiger partial charge in [-0.1, -0.05) is 18.2 Å². The average molecular weight is 313 g/mol. The summed E-state index contributed by atoms with van der Waals surface area (Å²) in [5, 5.41) is 2.66. The highest BCUT2D eigenvalue weighted by Gasteiger charge is 2.28. The molecule has 0 unspecified atom stereocenters. The summed E-state index contributed by atoms with van der Waals surface area (Å²) in [6.45, 7) is 1.59. The third-order valence-electron chi connectivity index (χ3n) is 3.82. The van der Waals surface area contributed by atoms with Crippen LogP contribution in [0, 0.1) is 12.7 Å². The van der Waals surface area contributed by atoms with Gasteiger partial charge in [0.15, 0.2) is 0 Å². The standard InChI is InChI=1S/C17H16FN3O2/c1-11-4-3-9-19-17(11)20-14(22)10-21-15(23)8-7-12-5-2-6-13(18)16(12)21/h2-6,9H,7-8,10H2,1H3,(H,19,20,22). The molecule has 2 aromatic rings. The fourth-order valence-electron chi connectivity index (χ4n) is 2.66. The summed E-state index contributed by atoms with van der Waals surface area (Å²) in [5.41, 5.74) is 1.76. The smallest absolute Gasteiger partial charge is 0.245 e. The van der Waals surface area contributed by atoms with Gasteiger partial charge in [-0.15, -0.1) is 0 Å². The molecule has 23 heavy (non-hydrogen) atoms. The van der Waals surface area contributed by atoms with E-state index in [-0.39, 0.29) is 24.6 Å². The van der Waals surface area contributed by atoms with Gasteiger partial charge in [-0.3, -0.25) is 14.5 Å². The highest BCUT2D eigenvalue weighted by Crippen LogP contribution is 2.30. The third kappa shape index (κ3) is 3.06. The van der Waals surface area contributed by atoms with Crippen molar-refractivity contribution in [2.75, 3.05) is 16.8 Å². The molecule has 5 nitrogen and oxygen atoms in total. The number of anilines is 2. The molecule has 0 saturated heterocycles. The first kappa shape index (κ1) is 15.1. The Balaban J connectivity index is 1.81. The Morgan fingerprint density at radius 1 is 1.30 bits per heavy atom. The van der Waals surface area contributed by atoms with Crippen molar-refractivity contribution in [2.45, 2.75) is 19.8 Å². The topological polar surface area (TPSA) is 62.3 Å². The number of rotatable bonds is 3. The second-order valence-electron chi connectivity index (χ2n) is 5.44. The number of nitrogens with one attached hydrogen (secondary N) is 1. The van der Waals surface area contributed by atoms with E-state index in [4.69, 9.17) is 0 Å². The van der Waals surface area contributed by atoms with E-state index in [0.29, 0.717) is 12.2 Å². The van der Waals surface area contributed by atoms with E-state index in [1.54, 1.807) is 24.4 Å². The lowest BCUT2D eigenvalue weighted by atomic mass is 10.0. The van der Waals surface area contributed by atoms with Gasteiger partial charge in [-0.2, -0.15) is 0 Å². The molecule has 0 atom stereocenters. The predicted octanol–water partition coefficient (Wildman–Crippen LogP) is 2.45. The van der Waals surface area contributed by atoms with Crippen molar-refractivity contribution in [1.29, 1.82) is 0 Å². The highest BCUT2D eigenvalue weighted by molar-refractivity contribution is 6.04.